The Morgan fingerprint density at radius 3 is 2.67 bits per heavy atom. The Hall–Kier alpha value is -0.970. The van der Waals surface area contributed by atoms with Gasteiger partial charge in [0, 0.05) is 12.8 Å². The average molecular weight is 167 g/mol. The van der Waals surface area contributed by atoms with Crippen molar-refractivity contribution in [2.75, 3.05) is 7.11 Å². The van der Waals surface area contributed by atoms with Crippen molar-refractivity contribution in [1.29, 1.82) is 0 Å². The van der Waals surface area contributed by atoms with Crippen LogP contribution in [-0.4, -0.2) is 13.1 Å². The van der Waals surface area contributed by atoms with Gasteiger partial charge in [0.2, 0.25) is 0 Å². The first kappa shape index (κ1) is 11.0. The maximum atomic E-state index is 10.6. The van der Waals surface area contributed by atoms with E-state index in [0.29, 0.717) is 12.8 Å². The summed E-state index contributed by atoms with van der Waals surface area (Å²) in [4.78, 5) is 10.6. The molecule has 0 N–H and O–H groups in total. The molecule has 0 saturated heterocycles. The first-order valence-electron chi connectivity index (χ1n) is 4.13. The molecule has 0 rings (SSSR count). The van der Waals surface area contributed by atoms with Crippen LogP contribution in [0.4, 0.5) is 0 Å². The highest BCUT2D eigenvalue weighted by atomic mass is 16.5. The zero-order valence-corrected chi connectivity index (χ0v) is 7.56. The number of carbonyl (C=O) groups is 1. The van der Waals surface area contributed by atoms with E-state index in [9.17, 15) is 4.79 Å². The van der Waals surface area contributed by atoms with Crippen LogP contribution in [-0.2, 0) is 9.53 Å². The van der Waals surface area contributed by atoms with Gasteiger partial charge in [-0.25, -0.2) is 0 Å². The first-order chi connectivity index (χ1) is 5.81. The lowest BCUT2D eigenvalue weighted by atomic mass is 10.2. The summed E-state index contributed by atoms with van der Waals surface area (Å²) in [5, 5.41) is 0. The summed E-state index contributed by atoms with van der Waals surface area (Å²) in [6, 6.07) is 0. The standard InChI is InChI=1S/C10H15O2/c1-3-4-5-6-7-8-9-10(11)12-2/h1,3-5,8-9H2,2H3. The third-order valence-corrected chi connectivity index (χ3v) is 1.36. The predicted octanol–water partition coefficient (Wildman–Crippen LogP) is 1.95. The van der Waals surface area contributed by atoms with Crippen LogP contribution in [0.5, 0.6) is 0 Å². The quantitative estimate of drug-likeness (QED) is 0.363. The lowest BCUT2D eigenvalue weighted by Crippen LogP contribution is -1.98. The zero-order valence-electron chi connectivity index (χ0n) is 7.56. The van der Waals surface area contributed by atoms with Crippen LogP contribution >= 0.6 is 0 Å². The molecule has 0 unspecified atom stereocenters. The molecule has 0 saturated carbocycles. The third-order valence-electron chi connectivity index (χ3n) is 1.36. The van der Waals surface area contributed by atoms with E-state index in [-0.39, 0.29) is 5.97 Å². The molecule has 0 aliphatic carbocycles. The van der Waals surface area contributed by atoms with Gasteiger partial charge in [0.25, 0.3) is 0 Å². The number of hydrogen-bond acceptors (Lipinski definition) is 2. The molecule has 1 radical (unpaired) electrons. The summed E-state index contributed by atoms with van der Waals surface area (Å²) in [6.07, 6.45) is 3.83. The van der Waals surface area contributed by atoms with Gasteiger partial charge in [-0.05, 0) is 6.42 Å². The second-order valence-corrected chi connectivity index (χ2v) is 2.39. The van der Waals surface area contributed by atoms with Crippen LogP contribution in [0.1, 0.15) is 32.1 Å². The molecule has 0 aliphatic rings. The maximum absolute atomic E-state index is 10.6. The minimum atomic E-state index is -0.193. The molecule has 0 amide bonds. The van der Waals surface area contributed by atoms with Crippen LogP contribution in [0.25, 0.3) is 0 Å². The van der Waals surface area contributed by atoms with E-state index in [2.05, 4.69) is 23.5 Å². The molecular formula is C10H15O2. The fourth-order valence-electron chi connectivity index (χ4n) is 0.657. The van der Waals surface area contributed by atoms with Gasteiger partial charge in [-0.15, -0.1) is 11.8 Å². The van der Waals surface area contributed by atoms with Crippen LogP contribution in [0.3, 0.4) is 0 Å². The van der Waals surface area contributed by atoms with Gasteiger partial charge in [0.15, 0.2) is 0 Å². The van der Waals surface area contributed by atoms with Crippen molar-refractivity contribution < 1.29 is 9.53 Å². The summed E-state index contributed by atoms with van der Waals surface area (Å²) in [6.45, 7) is 3.70. The average Bonchev–Trinajstić information content (AvgIpc) is 2.10. The highest BCUT2D eigenvalue weighted by molar-refractivity contribution is 5.69. The molecule has 0 aliphatic heterocycles. The first-order valence-corrected chi connectivity index (χ1v) is 4.13. The minimum absolute atomic E-state index is 0.193. The molecule has 2 nitrogen and oxygen atoms in total. The summed E-state index contributed by atoms with van der Waals surface area (Å²) in [7, 11) is 1.39. The Bertz CT molecular complexity index is 174. The minimum Gasteiger partial charge on any atom is -0.469 e. The van der Waals surface area contributed by atoms with Crippen molar-refractivity contribution in [3.63, 3.8) is 0 Å². The van der Waals surface area contributed by atoms with Crippen molar-refractivity contribution >= 4 is 5.97 Å². The lowest BCUT2D eigenvalue weighted by molar-refractivity contribution is -0.140. The van der Waals surface area contributed by atoms with Crippen molar-refractivity contribution in [1.82, 2.24) is 0 Å². The largest absolute Gasteiger partial charge is 0.469 e. The van der Waals surface area contributed by atoms with Crippen molar-refractivity contribution in [2.24, 2.45) is 0 Å². The molecule has 2 heteroatoms. The molecule has 0 spiro atoms. The molecule has 0 bridgehead atoms. The maximum Gasteiger partial charge on any atom is 0.306 e. The molecule has 0 aromatic carbocycles. The third kappa shape index (κ3) is 7.14. The summed E-state index contributed by atoms with van der Waals surface area (Å²) in [5.74, 6) is 5.68. The number of hydrogen-bond donors (Lipinski definition) is 0. The summed E-state index contributed by atoms with van der Waals surface area (Å²) >= 11 is 0. The van der Waals surface area contributed by atoms with Crippen molar-refractivity contribution in [3.05, 3.63) is 6.92 Å². The number of methoxy groups -OCH3 is 1. The number of carbonyl (C=O) groups excluding carboxylic acids is 1. The van der Waals surface area contributed by atoms with Gasteiger partial charge in [-0.3, -0.25) is 4.79 Å². The normalized spacial score (nSPS) is 8.50. The van der Waals surface area contributed by atoms with Crippen LogP contribution < -0.4 is 0 Å². The Balaban J connectivity index is 3.27. The van der Waals surface area contributed by atoms with Gasteiger partial charge < -0.3 is 4.74 Å². The smallest absolute Gasteiger partial charge is 0.306 e. The molecule has 0 fully saturated rings. The van der Waals surface area contributed by atoms with Gasteiger partial charge in [0.1, 0.15) is 0 Å². The number of rotatable bonds is 4. The molecule has 0 aromatic heterocycles. The van der Waals surface area contributed by atoms with Gasteiger partial charge in [-0.1, -0.05) is 13.3 Å². The van der Waals surface area contributed by atoms with E-state index < -0.39 is 0 Å². The summed E-state index contributed by atoms with van der Waals surface area (Å²) < 4.78 is 4.46. The Morgan fingerprint density at radius 2 is 2.08 bits per heavy atom. The fourth-order valence-corrected chi connectivity index (χ4v) is 0.657. The number of unbranched alkanes of at least 4 members (excludes halogenated alkanes) is 2. The van der Waals surface area contributed by atoms with Crippen LogP contribution in [0.15, 0.2) is 0 Å². The Morgan fingerprint density at radius 1 is 1.42 bits per heavy atom. The van der Waals surface area contributed by atoms with Crippen LogP contribution in [0.2, 0.25) is 0 Å². The van der Waals surface area contributed by atoms with Crippen molar-refractivity contribution in [3.8, 4) is 11.8 Å². The van der Waals surface area contributed by atoms with E-state index in [1.54, 1.807) is 0 Å². The van der Waals surface area contributed by atoms with Gasteiger partial charge >= 0.3 is 5.97 Å². The van der Waals surface area contributed by atoms with Gasteiger partial charge in [-0.2, -0.15) is 0 Å². The Labute approximate surface area is 74.3 Å². The highest BCUT2D eigenvalue weighted by Crippen LogP contribution is 1.92. The fraction of sp³-hybridized carbons (Fsp3) is 0.600. The topological polar surface area (TPSA) is 26.3 Å². The van der Waals surface area contributed by atoms with Gasteiger partial charge in [0.05, 0.1) is 13.5 Å². The predicted molar refractivity (Wildman–Crippen MR) is 48.2 cm³/mol. The monoisotopic (exact) mass is 167 g/mol. The number of esters is 1. The highest BCUT2D eigenvalue weighted by Gasteiger charge is 1.95. The van der Waals surface area contributed by atoms with Crippen LogP contribution in [0, 0.1) is 18.8 Å². The SMILES string of the molecule is [CH2]CCCC#CCCC(=O)OC. The van der Waals surface area contributed by atoms with E-state index in [0.717, 1.165) is 19.3 Å². The van der Waals surface area contributed by atoms with E-state index >= 15 is 0 Å². The Kier molecular flexibility index (Phi) is 7.47. The zero-order chi connectivity index (χ0) is 9.23. The summed E-state index contributed by atoms with van der Waals surface area (Å²) in [5.41, 5.74) is 0. The molecule has 67 valence electrons. The van der Waals surface area contributed by atoms with E-state index in [1.807, 2.05) is 0 Å². The molecule has 0 atom stereocenters. The molecule has 0 heterocycles. The molecule has 12 heavy (non-hydrogen) atoms. The van der Waals surface area contributed by atoms with E-state index in [4.69, 9.17) is 0 Å². The second-order valence-electron chi connectivity index (χ2n) is 2.39. The van der Waals surface area contributed by atoms with Crippen molar-refractivity contribution in [2.45, 2.75) is 32.1 Å². The molecular weight excluding hydrogens is 152 g/mol. The van der Waals surface area contributed by atoms with E-state index in [1.165, 1.54) is 7.11 Å². The number of ether oxygens (including phenoxy) is 1. The molecule has 0 aromatic rings. The second kappa shape index (κ2) is 8.13. The lowest BCUT2D eigenvalue weighted by Gasteiger charge is -1.91.